The van der Waals surface area contributed by atoms with Crippen LogP contribution in [0, 0.1) is 6.92 Å². The van der Waals surface area contributed by atoms with E-state index >= 15 is 0 Å². The van der Waals surface area contributed by atoms with Crippen LogP contribution in [-0.2, 0) is 13.6 Å². The number of amides is 1. The van der Waals surface area contributed by atoms with Crippen molar-refractivity contribution in [1.29, 1.82) is 0 Å². The van der Waals surface area contributed by atoms with Gasteiger partial charge in [0, 0.05) is 25.2 Å². The Hall–Kier alpha value is -3.07. The molecule has 148 valence electrons. The molecule has 1 amide bonds. The van der Waals surface area contributed by atoms with Crippen LogP contribution in [-0.4, -0.2) is 36.8 Å². The third kappa shape index (κ3) is 3.40. The number of hydrogen-bond donors (Lipinski definition) is 1. The Bertz CT molecular complexity index is 1100. The maximum Gasteiger partial charge on any atom is 0.262 e. The number of aryl methyl sites for hydroxylation is 2. The highest BCUT2D eigenvalue weighted by Gasteiger charge is 2.20. The minimum Gasteiger partial charge on any atom is -0.496 e. The minimum absolute atomic E-state index is 0.167. The zero-order chi connectivity index (χ0) is 20.4. The van der Waals surface area contributed by atoms with Crippen LogP contribution < -0.4 is 25.1 Å². The summed E-state index contributed by atoms with van der Waals surface area (Å²) in [5.74, 6) is 1.37. The summed E-state index contributed by atoms with van der Waals surface area (Å²) in [6.45, 7) is 1.98. The van der Waals surface area contributed by atoms with Gasteiger partial charge in [-0.3, -0.25) is 9.59 Å². The van der Waals surface area contributed by atoms with E-state index in [1.165, 1.54) is 22.2 Å². The number of fused-ring (bicyclic) bond motifs is 1. The van der Waals surface area contributed by atoms with Crippen LogP contribution >= 0.6 is 11.3 Å². The van der Waals surface area contributed by atoms with Crippen molar-refractivity contribution in [2.24, 2.45) is 7.05 Å². The minimum atomic E-state index is -0.278. The van der Waals surface area contributed by atoms with Crippen LogP contribution in [0.15, 0.2) is 23.3 Å². The van der Waals surface area contributed by atoms with E-state index in [0.717, 1.165) is 5.56 Å². The summed E-state index contributed by atoms with van der Waals surface area (Å²) < 4.78 is 17.4. The highest BCUT2D eigenvalue weighted by Crippen LogP contribution is 2.34. The van der Waals surface area contributed by atoms with Crippen LogP contribution in [0.2, 0.25) is 0 Å². The Morgan fingerprint density at radius 3 is 2.43 bits per heavy atom. The first-order valence-corrected chi connectivity index (χ1v) is 9.24. The Morgan fingerprint density at radius 2 is 1.79 bits per heavy atom. The van der Waals surface area contributed by atoms with Gasteiger partial charge in [0.05, 0.1) is 37.9 Å². The molecule has 3 rings (SSSR count). The quantitative estimate of drug-likeness (QED) is 0.679. The molecule has 28 heavy (non-hydrogen) atoms. The predicted octanol–water partition coefficient (Wildman–Crippen LogP) is 2.26. The van der Waals surface area contributed by atoms with E-state index in [9.17, 15) is 9.59 Å². The molecule has 1 aromatic carbocycles. The lowest BCUT2D eigenvalue weighted by atomic mass is 10.1. The molecule has 0 bridgehead atoms. The summed E-state index contributed by atoms with van der Waals surface area (Å²) >= 11 is 1.20. The van der Waals surface area contributed by atoms with Crippen LogP contribution in [0.1, 0.15) is 20.8 Å². The van der Waals surface area contributed by atoms with Crippen molar-refractivity contribution in [2.75, 3.05) is 21.3 Å². The molecule has 3 aromatic rings. The average molecular weight is 403 g/mol. The van der Waals surface area contributed by atoms with Gasteiger partial charge < -0.3 is 24.1 Å². The maximum absolute atomic E-state index is 12.7. The van der Waals surface area contributed by atoms with Crippen molar-refractivity contribution < 1.29 is 19.0 Å². The van der Waals surface area contributed by atoms with Gasteiger partial charge in [-0.15, -0.1) is 11.3 Å². The summed E-state index contributed by atoms with van der Waals surface area (Å²) in [6, 6.07) is 3.46. The SMILES string of the molecule is COc1cc(OC)c(OC)cc1CNC(=O)c1sc2ncn(C)c(=O)c2c1C. The molecule has 0 aliphatic carbocycles. The number of aromatic nitrogens is 2. The number of methoxy groups -OCH3 is 3. The Labute approximate surface area is 165 Å². The zero-order valence-corrected chi connectivity index (χ0v) is 17.1. The molecule has 9 heteroatoms. The molecule has 0 saturated heterocycles. The highest BCUT2D eigenvalue weighted by molar-refractivity contribution is 7.20. The molecule has 0 saturated carbocycles. The monoisotopic (exact) mass is 403 g/mol. The molecule has 0 fully saturated rings. The first kappa shape index (κ1) is 19.7. The van der Waals surface area contributed by atoms with Gasteiger partial charge in [0.25, 0.3) is 11.5 Å². The first-order valence-electron chi connectivity index (χ1n) is 8.43. The molecular formula is C19H21N3O5S. The molecule has 8 nitrogen and oxygen atoms in total. The Morgan fingerprint density at radius 1 is 1.14 bits per heavy atom. The molecule has 0 aliphatic heterocycles. The fraction of sp³-hybridized carbons (Fsp3) is 0.316. The summed E-state index contributed by atoms with van der Waals surface area (Å²) in [5, 5.41) is 3.35. The van der Waals surface area contributed by atoms with E-state index in [-0.39, 0.29) is 18.0 Å². The summed E-state index contributed by atoms with van der Waals surface area (Å²) in [6.07, 6.45) is 1.46. The number of rotatable bonds is 6. The van der Waals surface area contributed by atoms with Crippen molar-refractivity contribution in [3.63, 3.8) is 0 Å². The van der Waals surface area contributed by atoms with Gasteiger partial charge in [0.1, 0.15) is 10.6 Å². The third-order valence-corrected chi connectivity index (χ3v) is 5.64. The fourth-order valence-corrected chi connectivity index (χ4v) is 3.97. The van der Waals surface area contributed by atoms with Gasteiger partial charge in [-0.25, -0.2) is 4.98 Å². The number of nitrogens with one attached hydrogen (secondary N) is 1. The van der Waals surface area contributed by atoms with Crippen molar-refractivity contribution >= 4 is 27.5 Å². The molecule has 2 aromatic heterocycles. The van der Waals surface area contributed by atoms with Crippen LogP contribution in [0.5, 0.6) is 17.2 Å². The number of benzene rings is 1. The number of carbonyl (C=O) groups is 1. The number of hydrogen-bond acceptors (Lipinski definition) is 7. The van der Waals surface area contributed by atoms with Gasteiger partial charge >= 0.3 is 0 Å². The van der Waals surface area contributed by atoms with Crippen molar-refractivity contribution in [3.05, 3.63) is 44.8 Å². The maximum atomic E-state index is 12.7. The third-order valence-electron chi connectivity index (χ3n) is 4.44. The van der Waals surface area contributed by atoms with Crippen molar-refractivity contribution in [1.82, 2.24) is 14.9 Å². The standard InChI is InChI=1S/C19H21N3O5S/c1-10-15-18(21-9-22(2)19(15)24)28-16(10)17(23)20-8-11-6-13(26-4)14(27-5)7-12(11)25-3/h6-7,9H,8H2,1-5H3,(H,20,23). The van der Waals surface area contributed by atoms with Gasteiger partial charge in [0.15, 0.2) is 11.5 Å². The van der Waals surface area contributed by atoms with Gasteiger partial charge in [-0.05, 0) is 18.6 Å². The molecule has 0 atom stereocenters. The zero-order valence-electron chi connectivity index (χ0n) is 16.3. The topological polar surface area (TPSA) is 91.7 Å². The second-order valence-electron chi connectivity index (χ2n) is 6.10. The van der Waals surface area contributed by atoms with Crippen molar-refractivity contribution in [2.45, 2.75) is 13.5 Å². The summed E-state index contributed by atoms with van der Waals surface area (Å²) in [7, 11) is 6.27. The van der Waals surface area contributed by atoms with Gasteiger partial charge in [-0.1, -0.05) is 0 Å². The lowest BCUT2D eigenvalue weighted by molar-refractivity contribution is 0.0954. The van der Waals surface area contributed by atoms with E-state index in [2.05, 4.69) is 10.3 Å². The summed E-state index contributed by atoms with van der Waals surface area (Å²) in [4.78, 5) is 30.3. The van der Waals surface area contributed by atoms with E-state index < -0.39 is 0 Å². The molecule has 2 heterocycles. The lowest BCUT2D eigenvalue weighted by Gasteiger charge is -2.14. The van der Waals surface area contributed by atoms with Crippen LogP contribution in [0.3, 0.4) is 0 Å². The molecule has 0 aliphatic rings. The summed E-state index contributed by atoms with van der Waals surface area (Å²) in [5.41, 5.74) is 1.20. The normalized spacial score (nSPS) is 10.8. The van der Waals surface area contributed by atoms with E-state index in [4.69, 9.17) is 14.2 Å². The molecule has 1 N–H and O–H groups in total. The number of carbonyl (C=O) groups excluding carboxylic acids is 1. The van der Waals surface area contributed by atoms with E-state index in [1.54, 1.807) is 47.4 Å². The smallest absolute Gasteiger partial charge is 0.262 e. The number of nitrogens with zero attached hydrogens (tertiary/aromatic N) is 2. The first-order chi connectivity index (χ1) is 13.4. The van der Waals surface area contributed by atoms with Crippen LogP contribution in [0.4, 0.5) is 0 Å². The second kappa shape index (κ2) is 7.89. The number of thiophene rings is 1. The van der Waals surface area contributed by atoms with Crippen LogP contribution in [0.25, 0.3) is 10.2 Å². The molecule has 0 spiro atoms. The average Bonchev–Trinajstić information content (AvgIpc) is 3.05. The molecule has 0 radical (unpaired) electrons. The largest absolute Gasteiger partial charge is 0.496 e. The van der Waals surface area contributed by atoms with Gasteiger partial charge in [0.2, 0.25) is 0 Å². The Kier molecular flexibility index (Phi) is 5.55. The number of ether oxygens (including phenoxy) is 3. The Balaban J connectivity index is 1.89. The molecular weight excluding hydrogens is 382 g/mol. The lowest BCUT2D eigenvalue weighted by Crippen LogP contribution is -2.23. The van der Waals surface area contributed by atoms with E-state index in [0.29, 0.717) is 37.9 Å². The fourth-order valence-electron chi connectivity index (χ4n) is 2.91. The van der Waals surface area contributed by atoms with E-state index in [1.807, 2.05) is 0 Å². The van der Waals surface area contributed by atoms with Crippen molar-refractivity contribution in [3.8, 4) is 17.2 Å². The predicted molar refractivity (Wildman–Crippen MR) is 107 cm³/mol. The molecule has 0 unspecified atom stereocenters. The second-order valence-corrected chi connectivity index (χ2v) is 7.10. The highest BCUT2D eigenvalue weighted by atomic mass is 32.1. The van der Waals surface area contributed by atoms with Gasteiger partial charge in [-0.2, -0.15) is 0 Å².